The summed E-state index contributed by atoms with van der Waals surface area (Å²) >= 11 is 0. The summed E-state index contributed by atoms with van der Waals surface area (Å²) in [5.74, 6) is 4.45. The monoisotopic (exact) mass is 238 g/mol. The fraction of sp³-hybridized carbons (Fsp3) is 0.444. The van der Waals surface area contributed by atoms with E-state index < -0.39 is 17.5 Å². The zero-order valence-electron chi connectivity index (χ0n) is 8.75. The van der Waals surface area contributed by atoms with Gasteiger partial charge in [0.15, 0.2) is 17.5 Å². The molecule has 0 fully saturated rings. The molecule has 0 aromatic carbocycles. The molecule has 8 nitrogen and oxygen atoms in total. The Morgan fingerprint density at radius 3 is 2.71 bits per heavy atom. The number of guanidine groups is 1. The van der Waals surface area contributed by atoms with Gasteiger partial charge in [-0.2, -0.15) is 0 Å². The Labute approximate surface area is 97.5 Å². The third-order valence-electron chi connectivity index (χ3n) is 1.68. The van der Waals surface area contributed by atoms with Crippen LogP contribution in [-0.2, 0) is 9.47 Å². The second kappa shape index (κ2) is 6.33. The van der Waals surface area contributed by atoms with Crippen LogP contribution >= 0.6 is 0 Å². The molecule has 0 bridgehead atoms. The van der Waals surface area contributed by atoms with Gasteiger partial charge in [-0.15, -0.1) is 12.8 Å². The van der Waals surface area contributed by atoms with E-state index in [4.69, 9.17) is 22.3 Å². The quantitative estimate of drug-likeness (QED) is 0.350. The highest BCUT2D eigenvalue weighted by Crippen LogP contribution is 2.09. The normalized spacial score (nSPS) is 21.9. The van der Waals surface area contributed by atoms with Crippen molar-refractivity contribution in [2.24, 2.45) is 4.99 Å². The number of rotatable bonds is 5. The van der Waals surface area contributed by atoms with E-state index in [1.54, 1.807) is 0 Å². The first kappa shape index (κ1) is 12.8. The summed E-state index contributed by atoms with van der Waals surface area (Å²) in [5, 5.41) is 12.1. The summed E-state index contributed by atoms with van der Waals surface area (Å²) in [4.78, 5) is 14.1. The van der Waals surface area contributed by atoms with Crippen molar-refractivity contribution in [2.45, 2.75) is 12.5 Å². The van der Waals surface area contributed by atoms with Crippen LogP contribution in [0.15, 0.2) is 4.99 Å². The number of hydrogen-bond acceptors (Lipinski definition) is 6. The molecule has 0 spiro atoms. The average molecular weight is 238 g/mol. The highest BCUT2D eigenvalue weighted by atomic mass is 16.7. The summed E-state index contributed by atoms with van der Waals surface area (Å²) < 4.78 is 10.3. The molecule has 0 amide bonds. The summed E-state index contributed by atoms with van der Waals surface area (Å²) in [6.07, 6.45) is 8.57. The van der Waals surface area contributed by atoms with Crippen LogP contribution in [0.1, 0.15) is 0 Å². The first-order chi connectivity index (χ1) is 8.17. The molecule has 0 unspecified atom stereocenters. The number of terminal acetylenes is 2. The minimum Gasteiger partial charge on any atom is -0.341 e. The molecular weight excluding hydrogens is 228 g/mol. The van der Waals surface area contributed by atoms with Crippen LogP contribution in [-0.4, -0.2) is 36.7 Å². The highest BCUT2D eigenvalue weighted by molar-refractivity contribution is 5.80. The fourth-order valence-corrected chi connectivity index (χ4v) is 1.11. The molecule has 1 heterocycles. The number of nitro groups is 1. The Kier molecular flexibility index (Phi) is 4.76. The van der Waals surface area contributed by atoms with E-state index in [1.165, 1.54) is 0 Å². The minimum atomic E-state index is -0.776. The van der Waals surface area contributed by atoms with Crippen molar-refractivity contribution in [3.8, 4) is 24.7 Å². The van der Waals surface area contributed by atoms with E-state index in [9.17, 15) is 10.1 Å². The summed E-state index contributed by atoms with van der Waals surface area (Å²) in [7, 11) is 0. The maximum atomic E-state index is 10.2. The van der Waals surface area contributed by atoms with Gasteiger partial charge in [0.05, 0.1) is 0 Å². The zero-order chi connectivity index (χ0) is 12.7. The number of nitrogens with zero attached hydrogens (tertiary/aromatic N) is 2. The van der Waals surface area contributed by atoms with Gasteiger partial charge in [0, 0.05) is 0 Å². The molecular formula is C9H10N4O4. The van der Waals surface area contributed by atoms with E-state index >= 15 is 0 Å². The van der Waals surface area contributed by atoms with Gasteiger partial charge in [0.1, 0.15) is 13.2 Å². The molecule has 90 valence electrons. The van der Waals surface area contributed by atoms with Gasteiger partial charge >= 0.3 is 0 Å². The molecule has 8 heteroatoms. The van der Waals surface area contributed by atoms with Crippen molar-refractivity contribution in [3.63, 3.8) is 0 Å². The minimum absolute atomic E-state index is 0.0114. The lowest BCUT2D eigenvalue weighted by Gasteiger charge is -2.16. The zero-order valence-corrected chi connectivity index (χ0v) is 8.75. The van der Waals surface area contributed by atoms with Crippen molar-refractivity contribution >= 4 is 5.96 Å². The topological polar surface area (TPSA) is 98.0 Å². The summed E-state index contributed by atoms with van der Waals surface area (Å²) in [5.41, 5.74) is 1.85. The predicted octanol–water partition coefficient (Wildman–Crippen LogP) is -1.32. The van der Waals surface area contributed by atoms with Gasteiger partial charge in [0.2, 0.25) is 0 Å². The first-order valence-electron chi connectivity index (χ1n) is 4.53. The molecule has 17 heavy (non-hydrogen) atoms. The lowest BCUT2D eigenvalue weighted by molar-refractivity contribution is -0.525. The number of hydrazine groups is 1. The van der Waals surface area contributed by atoms with E-state index in [0.717, 1.165) is 0 Å². The first-order valence-corrected chi connectivity index (χ1v) is 4.53. The molecule has 1 rings (SSSR count). The second-order valence-electron chi connectivity index (χ2n) is 2.83. The molecule has 1 aliphatic heterocycles. The number of nitrogens with one attached hydrogen (secondary N) is 2. The highest BCUT2D eigenvalue weighted by Gasteiger charge is 2.31. The van der Waals surface area contributed by atoms with Gasteiger partial charge in [-0.3, -0.25) is 0 Å². The lowest BCUT2D eigenvalue weighted by atomic mass is 10.5. The number of ether oxygens (including phenoxy) is 2. The molecule has 2 atom stereocenters. The standard InChI is InChI=1S/C9H10N4O4/c1-3-5-16-7-8(17-6-4-2)11-9(10-7)12-13(14)15/h1-2,7-8H,5-6H2,(H2,10,11,12)/t7-,8+. The van der Waals surface area contributed by atoms with Crippen LogP contribution in [0.25, 0.3) is 0 Å². The van der Waals surface area contributed by atoms with Gasteiger partial charge < -0.3 is 14.8 Å². The van der Waals surface area contributed by atoms with Crippen molar-refractivity contribution in [1.82, 2.24) is 10.7 Å². The van der Waals surface area contributed by atoms with Gasteiger partial charge in [-0.25, -0.2) is 15.1 Å². The SMILES string of the molecule is C#CCO[C@H]1N=C(N[N+](=O)[O-])N[C@H]1OCC#C. The summed E-state index contributed by atoms with van der Waals surface area (Å²) in [6, 6.07) is 0. The van der Waals surface area contributed by atoms with Gasteiger partial charge in [-0.1, -0.05) is 17.3 Å². The van der Waals surface area contributed by atoms with Crippen LogP contribution in [0.4, 0.5) is 0 Å². The van der Waals surface area contributed by atoms with Crippen molar-refractivity contribution in [1.29, 1.82) is 0 Å². The lowest BCUT2D eigenvalue weighted by Crippen LogP contribution is -2.44. The smallest absolute Gasteiger partial charge is 0.259 e. The van der Waals surface area contributed by atoms with Crippen molar-refractivity contribution < 1.29 is 14.5 Å². The van der Waals surface area contributed by atoms with Crippen LogP contribution in [0.3, 0.4) is 0 Å². The van der Waals surface area contributed by atoms with Crippen LogP contribution < -0.4 is 10.7 Å². The van der Waals surface area contributed by atoms with Crippen molar-refractivity contribution in [2.75, 3.05) is 13.2 Å². The summed E-state index contributed by atoms with van der Waals surface area (Å²) in [6.45, 7) is 0.0341. The molecule has 0 aromatic heterocycles. The van der Waals surface area contributed by atoms with E-state index in [0.29, 0.717) is 0 Å². The maximum absolute atomic E-state index is 10.2. The molecule has 0 aromatic rings. The third kappa shape index (κ3) is 3.99. The Morgan fingerprint density at radius 1 is 1.47 bits per heavy atom. The molecule has 0 radical (unpaired) electrons. The Hall–Kier alpha value is -2.29. The predicted molar refractivity (Wildman–Crippen MR) is 57.8 cm³/mol. The molecule has 0 saturated carbocycles. The Bertz CT molecular complexity index is 395. The number of hydrogen-bond donors (Lipinski definition) is 2. The number of aliphatic imine (C=N–C) groups is 1. The van der Waals surface area contributed by atoms with Crippen LogP contribution in [0, 0.1) is 34.8 Å². The fourth-order valence-electron chi connectivity index (χ4n) is 1.11. The van der Waals surface area contributed by atoms with E-state index in [2.05, 4.69) is 22.2 Å². The Balaban J connectivity index is 2.58. The van der Waals surface area contributed by atoms with E-state index in [1.807, 2.05) is 5.43 Å². The molecule has 0 saturated heterocycles. The largest absolute Gasteiger partial charge is 0.341 e. The van der Waals surface area contributed by atoms with Crippen molar-refractivity contribution in [3.05, 3.63) is 10.1 Å². The van der Waals surface area contributed by atoms with Gasteiger partial charge in [-0.05, 0) is 0 Å². The molecule has 1 aliphatic rings. The average Bonchev–Trinajstić information content (AvgIpc) is 2.64. The second-order valence-corrected chi connectivity index (χ2v) is 2.83. The molecule has 0 aliphatic carbocycles. The molecule has 2 N–H and O–H groups in total. The van der Waals surface area contributed by atoms with Crippen LogP contribution in [0.5, 0.6) is 0 Å². The maximum Gasteiger partial charge on any atom is 0.259 e. The van der Waals surface area contributed by atoms with Gasteiger partial charge in [0.25, 0.3) is 5.96 Å². The Morgan fingerprint density at radius 2 is 2.12 bits per heavy atom. The third-order valence-corrected chi connectivity index (χ3v) is 1.68. The van der Waals surface area contributed by atoms with Crippen LogP contribution in [0.2, 0.25) is 0 Å². The van der Waals surface area contributed by atoms with E-state index in [-0.39, 0.29) is 19.2 Å².